The van der Waals surface area contributed by atoms with Crippen molar-refractivity contribution in [2.75, 3.05) is 24.7 Å². The zero-order chi connectivity index (χ0) is 13.4. The molecule has 0 saturated heterocycles. The van der Waals surface area contributed by atoms with Crippen LogP contribution >= 0.6 is 35.0 Å². The molecule has 1 aromatic heterocycles. The standard InChI is InChI=1S/C11H14Cl2N2O2S/c12-9-3-2-8(10(13)15-9)11(17)14-4-7-18-6-1-5-16/h2-3,16H,1,4-7H2,(H,14,17). The fourth-order valence-electron chi connectivity index (χ4n) is 1.18. The molecule has 0 aliphatic rings. The van der Waals surface area contributed by atoms with Crippen molar-refractivity contribution >= 4 is 40.9 Å². The van der Waals surface area contributed by atoms with E-state index in [1.54, 1.807) is 17.8 Å². The Morgan fingerprint density at radius 1 is 1.39 bits per heavy atom. The molecular formula is C11H14Cl2N2O2S. The van der Waals surface area contributed by atoms with Gasteiger partial charge in [0.2, 0.25) is 0 Å². The molecule has 0 atom stereocenters. The predicted molar refractivity (Wildman–Crippen MR) is 75.6 cm³/mol. The van der Waals surface area contributed by atoms with Crippen molar-refractivity contribution in [3.05, 3.63) is 28.0 Å². The predicted octanol–water partition coefficient (Wildman–Crippen LogP) is 2.23. The number of carbonyl (C=O) groups is 1. The number of aromatic nitrogens is 1. The van der Waals surface area contributed by atoms with Gasteiger partial charge in [-0.3, -0.25) is 4.79 Å². The lowest BCUT2D eigenvalue weighted by molar-refractivity contribution is 0.0956. The summed E-state index contributed by atoms with van der Waals surface area (Å²) in [6.07, 6.45) is 0.769. The third-order valence-corrected chi connectivity index (χ3v) is 3.61. The summed E-state index contributed by atoms with van der Waals surface area (Å²) >= 11 is 13.1. The molecule has 100 valence electrons. The molecular weight excluding hydrogens is 295 g/mol. The average molecular weight is 309 g/mol. The highest BCUT2D eigenvalue weighted by molar-refractivity contribution is 7.99. The van der Waals surface area contributed by atoms with Gasteiger partial charge in [-0.1, -0.05) is 23.2 Å². The summed E-state index contributed by atoms with van der Waals surface area (Å²) in [4.78, 5) is 15.5. The Hall–Kier alpha value is -0.490. The van der Waals surface area contributed by atoms with E-state index < -0.39 is 0 Å². The number of hydrogen-bond acceptors (Lipinski definition) is 4. The third-order valence-electron chi connectivity index (χ3n) is 2.04. The van der Waals surface area contributed by atoms with Gasteiger partial charge in [0.15, 0.2) is 0 Å². The van der Waals surface area contributed by atoms with Gasteiger partial charge in [0.05, 0.1) is 5.56 Å². The minimum atomic E-state index is -0.257. The Bertz CT molecular complexity index is 405. The zero-order valence-electron chi connectivity index (χ0n) is 9.66. The van der Waals surface area contributed by atoms with E-state index in [4.69, 9.17) is 28.3 Å². The quantitative estimate of drug-likeness (QED) is 0.599. The molecule has 0 spiro atoms. The fourth-order valence-corrected chi connectivity index (χ4v) is 2.40. The lowest BCUT2D eigenvalue weighted by Crippen LogP contribution is -2.26. The highest BCUT2D eigenvalue weighted by atomic mass is 35.5. The van der Waals surface area contributed by atoms with Crippen LogP contribution in [0.1, 0.15) is 16.8 Å². The normalized spacial score (nSPS) is 10.4. The van der Waals surface area contributed by atoms with Gasteiger partial charge in [-0.05, 0) is 24.3 Å². The number of amides is 1. The first-order chi connectivity index (χ1) is 8.65. The van der Waals surface area contributed by atoms with Gasteiger partial charge in [0, 0.05) is 18.9 Å². The van der Waals surface area contributed by atoms with Crippen molar-refractivity contribution in [1.82, 2.24) is 10.3 Å². The van der Waals surface area contributed by atoms with Gasteiger partial charge in [0.25, 0.3) is 5.91 Å². The Labute approximate surface area is 120 Å². The van der Waals surface area contributed by atoms with Crippen LogP contribution in [0, 0.1) is 0 Å². The summed E-state index contributed by atoms with van der Waals surface area (Å²) in [7, 11) is 0. The summed E-state index contributed by atoms with van der Waals surface area (Å²) in [5.41, 5.74) is 0.321. The highest BCUT2D eigenvalue weighted by Crippen LogP contribution is 2.16. The Balaban J connectivity index is 2.32. The number of aliphatic hydroxyl groups excluding tert-OH is 1. The number of carbonyl (C=O) groups excluding carboxylic acids is 1. The van der Waals surface area contributed by atoms with Crippen LogP contribution in [-0.2, 0) is 0 Å². The second kappa shape index (κ2) is 8.58. The van der Waals surface area contributed by atoms with Crippen molar-refractivity contribution < 1.29 is 9.90 Å². The topological polar surface area (TPSA) is 62.2 Å². The Morgan fingerprint density at radius 2 is 2.17 bits per heavy atom. The van der Waals surface area contributed by atoms with E-state index in [1.165, 1.54) is 6.07 Å². The molecule has 18 heavy (non-hydrogen) atoms. The van der Waals surface area contributed by atoms with Crippen LogP contribution in [0.25, 0.3) is 0 Å². The number of pyridine rings is 1. The van der Waals surface area contributed by atoms with E-state index in [9.17, 15) is 4.79 Å². The zero-order valence-corrected chi connectivity index (χ0v) is 12.0. The van der Waals surface area contributed by atoms with Gasteiger partial charge in [-0.2, -0.15) is 11.8 Å². The molecule has 2 N–H and O–H groups in total. The number of halogens is 2. The lowest BCUT2D eigenvalue weighted by Gasteiger charge is -2.06. The van der Waals surface area contributed by atoms with Crippen LogP contribution in [0.4, 0.5) is 0 Å². The Morgan fingerprint density at radius 3 is 2.83 bits per heavy atom. The van der Waals surface area contributed by atoms with Crippen molar-refractivity contribution in [3.63, 3.8) is 0 Å². The molecule has 0 aromatic carbocycles. The van der Waals surface area contributed by atoms with Crippen molar-refractivity contribution in [3.8, 4) is 0 Å². The van der Waals surface area contributed by atoms with Crippen molar-refractivity contribution in [2.45, 2.75) is 6.42 Å². The maximum atomic E-state index is 11.7. The average Bonchev–Trinajstić information content (AvgIpc) is 2.33. The summed E-state index contributed by atoms with van der Waals surface area (Å²) in [6.45, 7) is 0.749. The number of nitrogens with one attached hydrogen (secondary N) is 1. The highest BCUT2D eigenvalue weighted by Gasteiger charge is 2.10. The molecule has 0 saturated carbocycles. The molecule has 0 unspecified atom stereocenters. The number of nitrogens with zero attached hydrogens (tertiary/aromatic N) is 1. The van der Waals surface area contributed by atoms with Crippen molar-refractivity contribution in [2.24, 2.45) is 0 Å². The first kappa shape index (κ1) is 15.6. The maximum absolute atomic E-state index is 11.7. The smallest absolute Gasteiger partial charge is 0.254 e. The van der Waals surface area contributed by atoms with Gasteiger partial charge >= 0.3 is 0 Å². The molecule has 0 aliphatic carbocycles. The molecule has 4 nitrogen and oxygen atoms in total. The van der Waals surface area contributed by atoms with E-state index in [0.29, 0.717) is 12.1 Å². The summed E-state index contributed by atoms with van der Waals surface area (Å²) in [5, 5.41) is 11.7. The fraction of sp³-hybridized carbons (Fsp3) is 0.455. The SMILES string of the molecule is O=C(NCCSCCCO)c1ccc(Cl)nc1Cl. The van der Waals surface area contributed by atoms with Crippen LogP contribution in [0.15, 0.2) is 12.1 Å². The van der Waals surface area contributed by atoms with Gasteiger partial charge in [-0.25, -0.2) is 4.98 Å². The molecule has 1 heterocycles. The van der Waals surface area contributed by atoms with E-state index in [0.717, 1.165) is 17.9 Å². The lowest BCUT2D eigenvalue weighted by atomic mass is 10.3. The van der Waals surface area contributed by atoms with Crippen LogP contribution in [0.5, 0.6) is 0 Å². The molecule has 0 bridgehead atoms. The molecule has 0 fully saturated rings. The van der Waals surface area contributed by atoms with E-state index in [1.807, 2.05) is 0 Å². The van der Waals surface area contributed by atoms with Crippen LogP contribution in [0.2, 0.25) is 10.3 Å². The number of hydrogen-bond donors (Lipinski definition) is 2. The molecule has 1 aromatic rings. The monoisotopic (exact) mass is 308 g/mol. The molecule has 1 rings (SSSR count). The van der Waals surface area contributed by atoms with Gasteiger partial charge in [0.1, 0.15) is 10.3 Å². The summed E-state index contributed by atoms with van der Waals surface area (Å²) < 4.78 is 0. The van der Waals surface area contributed by atoms with Crippen LogP contribution in [-0.4, -0.2) is 40.7 Å². The molecule has 7 heteroatoms. The summed E-state index contributed by atoms with van der Waals surface area (Å²) in [5.74, 6) is 1.42. The van der Waals surface area contributed by atoms with E-state index in [-0.39, 0.29) is 22.8 Å². The van der Waals surface area contributed by atoms with Crippen LogP contribution < -0.4 is 5.32 Å². The largest absolute Gasteiger partial charge is 0.396 e. The third kappa shape index (κ3) is 5.44. The summed E-state index contributed by atoms with van der Waals surface area (Å²) in [6, 6.07) is 3.07. The molecule has 1 amide bonds. The van der Waals surface area contributed by atoms with Gasteiger partial charge < -0.3 is 10.4 Å². The minimum absolute atomic E-state index is 0.105. The number of thioether (sulfide) groups is 1. The van der Waals surface area contributed by atoms with E-state index in [2.05, 4.69) is 10.3 Å². The number of aliphatic hydroxyl groups is 1. The second-order valence-electron chi connectivity index (χ2n) is 3.42. The minimum Gasteiger partial charge on any atom is -0.396 e. The van der Waals surface area contributed by atoms with E-state index >= 15 is 0 Å². The van der Waals surface area contributed by atoms with Crippen LogP contribution in [0.3, 0.4) is 0 Å². The van der Waals surface area contributed by atoms with Gasteiger partial charge in [-0.15, -0.1) is 0 Å². The number of rotatable bonds is 7. The first-order valence-electron chi connectivity index (χ1n) is 5.44. The molecule has 0 aliphatic heterocycles. The second-order valence-corrected chi connectivity index (χ2v) is 5.39. The first-order valence-corrected chi connectivity index (χ1v) is 7.35. The maximum Gasteiger partial charge on any atom is 0.254 e. The van der Waals surface area contributed by atoms with Crippen molar-refractivity contribution in [1.29, 1.82) is 0 Å². The molecule has 0 radical (unpaired) electrons. The Kier molecular flexibility index (Phi) is 7.42.